The van der Waals surface area contributed by atoms with Crippen LogP contribution in [0.2, 0.25) is 0 Å². The van der Waals surface area contributed by atoms with Gasteiger partial charge < -0.3 is 5.32 Å². The zero-order valence-electron chi connectivity index (χ0n) is 13.0. The number of hydrogen-bond donors (Lipinski definition) is 1. The molecule has 0 saturated heterocycles. The first kappa shape index (κ1) is 14.7. The summed E-state index contributed by atoms with van der Waals surface area (Å²) in [5.74, 6) is 0.622. The standard InChI is InChI=1S/C18H24N2S/c1-3-19-12-15-5-4-6-16-18(15)20-17(21-16)11-14-9-7-13(2)8-10-14/h7-10,15,19H,3-6,11-12H2,1-2H3. The molecule has 1 heterocycles. The van der Waals surface area contributed by atoms with Crippen LogP contribution < -0.4 is 5.32 Å². The molecule has 1 aromatic carbocycles. The van der Waals surface area contributed by atoms with E-state index in [9.17, 15) is 0 Å². The van der Waals surface area contributed by atoms with Crippen LogP contribution in [0.3, 0.4) is 0 Å². The lowest BCUT2D eigenvalue weighted by Crippen LogP contribution is -2.24. The largest absolute Gasteiger partial charge is 0.316 e. The highest BCUT2D eigenvalue weighted by Crippen LogP contribution is 2.35. The molecular weight excluding hydrogens is 276 g/mol. The van der Waals surface area contributed by atoms with Gasteiger partial charge in [-0.1, -0.05) is 36.8 Å². The Kier molecular flexibility index (Phi) is 4.71. The van der Waals surface area contributed by atoms with Crippen LogP contribution >= 0.6 is 11.3 Å². The van der Waals surface area contributed by atoms with E-state index in [1.54, 1.807) is 0 Å². The average Bonchev–Trinajstić information content (AvgIpc) is 2.90. The van der Waals surface area contributed by atoms with E-state index in [1.165, 1.54) is 46.0 Å². The molecule has 0 spiro atoms. The first-order valence-electron chi connectivity index (χ1n) is 8.01. The lowest BCUT2D eigenvalue weighted by molar-refractivity contribution is 0.508. The maximum absolute atomic E-state index is 4.98. The number of nitrogens with one attached hydrogen (secondary N) is 1. The van der Waals surface area contributed by atoms with Crippen molar-refractivity contribution in [2.45, 2.75) is 45.4 Å². The highest BCUT2D eigenvalue weighted by molar-refractivity contribution is 7.11. The van der Waals surface area contributed by atoms with Crippen LogP contribution in [0.1, 0.15) is 52.4 Å². The molecule has 1 aromatic heterocycles. The van der Waals surface area contributed by atoms with E-state index in [2.05, 4.69) is 43.4 Å². The van der Waals surface area contributed by atoms with Crippen molar-refractivity contribution >= 4 is 11.3 Å². The minimum atomic E-state index is 0.622. The molecule has 0 bridgehead atoms. The van der Waals surface area contributed by atoms with E-state index >= 15 is 0 Å². The summed E-state index contributed by atoms with van der Waals surface area (Å²) in [5.41, 5.74) is 4.08. The van der Waals surface area contributed by atoms with Gasteiger partial charge in [-0.25, -0.2) is 4.98 Å². The predicted octanol–water partition coefficient (Wildman–Crippen LogP) is 4.07. The Morgan fingerprint density at radius 1 is 1.29 bits per heavy atom. The molecule has 1 aliphatic carbocycles. The number of rotatable bonds is 5. The Balaban J connectivity index is 1.76. The predicted molar refractivity (Wildman–Crippen MR) is 90.3 cm³/mol. The van der Waals surface area contributed by atoms with Gasteiger partial charge in [-0.3, -0.25) is 0 Å². The van der Waals surface area contributed by atoms with E-state index in [0.717, 1.165) is 19.5 Å². The molecule has 0 radical (unpaired) electrons. The van der Waals surface area contributed by atoms with Crippen molar-refractivity contribution < 1.29 is 0 Å². The van der Waals surface area contributed by atoms with Crippen molar-refractivity contribution in [1.82, 2.24) is 10.3 Å². The number of aromatic nitrogens is 1. The molecule has 2 aromatic rings. The van der Waals surface area contributed by atoms with Crippen LogP contribution in [-0.2, 0) is 12.8 Å². The van der Waals surface area contributed by atoms with E-state index in [1.807, 2.05) is 11.3 Å². The van der Waals surface area contributed by atoms with Crippen molar-refractivity contribution in [2.24, 2.45) is 0 Å². The second-order valence-electron chi connectivity index (χ2n) is 5.98. The minimum absolute atomic E-state index is 0.622. The molecule has 1 aliphatic rings. The maximum Gasteiger partial charge on any atom is 0.0975 e. The van der Waals surface area contributed by atoms with Gasteiger partial charge in [0.1, 0.15) is 0 Å². The van der Waals surface area contributed by atoms with E-state index < -0.39 is 0 Å². The molecule has 0 aliphatic heterocycles. The summed E-state index contributed by atoms with van der Waals surface area (Å²) in [6.45, 7) is 6.44. The van der Waals surface area contributed by atoms with Gasteiger partial charge in [0, 0.05) is 23.8 Å². The molecule has 0 saturated carbocycles. The summed E-state index contributed by atoms with van der Waals surface area (Å²) in [6, 6.07) is 8.84. The Morgan fingerprint density at radius 2 is 2.10 bits per heavy atom. The monoisotopic (exact) mass is 300 g/mol. The summed E-state index contributed by atoms with van der Waals surface area (Å²) in [4.78, 5) is 6.51. The van der Waals surface area contributed by atoms with Crippen molar-refractivity contribution in [1.29, 1.82) is 0 Å². The molecule has 3 rings (SSSR count). The Hall–Kier alpha value is -1.19. The summed E-state index contributed by atoms with van der Waals surface area (Å²) in [6.07, 6.45) is 4.80. The molecule has 1 N–H and O–H groups in total. The van der Waals surface area contributed by atoms with Crippen LogP contribution in [-0.4, -0.2) is 18.1 Å². The Bertz CT molecular complexity index is 586. The molecule has 0 amide bonds. The summed E-state index contributed by atoms with van der Waals surface area (Å²) >= 11 is 1.93. The molecule has 112 valence electrons. The zero-order valence-corrected chi connectivity index (χ0v) is 13.8. The molecule has 1 unspecified atom stereocenters. The number of benzene rings is 1. The van der Waals surface area contributed by atoms with E-state index in [-0.39, 0.29) is 0 Å². The fourth-order valence-electron chi connectivity index (χ4n) is 3.03. The van der Waals surface area contributed by atoms with Gasteiger partial charge in [-0.2, -0.15) is 0 Å². The fourth-order valence-corrected chi connectivity index (χ4v) is 4.26. The Labute approximate surface area is 131 Å². The third kappa shape index (κ3) is 3.53. The van der Waals surface area contributed by atoms with Gasteiger partial charge >= 0.3 is 0 Å². The molecule has 21 heavy (non-hydrogen) atoms. The van der Waals surface area contributed by atoms with E-state index in [4.69, 9.17) is 4.98 Å². The van der Waals surface area contributed by atoms with Crippen LogP contribution in [0.4, 0.5) is 0 Å². The quantitative estimate of drug-likeness (QED) is 0.900. The SMILES string of the molecule is CCNCC1CCCc2sc(Cc3ccc(C)cc3)nc21. The van der Waals surface area contributed by atoms with Gasteiger partial charge in [-0.15, -0.1) is 11.3 Å². The maximum atomic E-state index is 4.98. The first-order valence-corrected chi connectivity index (χ1v) is 8.82. The Morgan fingerprint density at radius 3 is 2.86 bits per heavy atom. The van der Waals surface area contributed by atoms with Crippen molar-refractivity contribution in [2.75, 3.05) is 13.1 Å². The number of fused-ring (bicyclic) bond motifs is 1. The molecule has 0 fully saturated rings. The third-order valence-corrected chi connectivity index (χ3v) is 5.36. The smallest absolute Gasteiger partial charge is 0.0975 e. The summed E-state index contributed by atoms with van der Waals surface area (Å²) < 4.78 is 0. The van der Waals surface area contributed by atoms with E-state index in [0.29, 0.717) is 5.92 Å². The molecular formula is C18H24N2S. The normalized spacial score (nSPS) is 17.7. The summed E-state index contributed by atoms with van der Waals surface area (Å²) in [7, 11) is 0. The highest BCUT2D eigenvalue weighted by atomic mass is 32.1. The van der Waals surface area contributed by atoms with Crippen LogP contribution in [0.15, 0.2) is 24.3 Å². The van der Waals surface area contributed by atoms with Gasteiger partial charge in [0.05, 0.1) is 10.7 Å². The van der Waals surface area contributed by atoms with Gasteiger partial charge in [-0.05, 0) is 38.3 Å². The lowest BCUT2D eigenvalue weighted by Gasteiger charge is -2.21. The van der Waals surface area contributed by atoms with Crippen LogP contribution in [0, 0.1) is 6.92 Å². The number of thiazole rings is 1. The first-order chi connectivity index (χ1) is 10.3. The van der Waals surface area contributed by atoms with Crippen molar-refractivity contribution in [3.8, 4) is 0 Å². The van der Waals surface area contributed by atoms with Gasteiger partial charge in [0.2, 0.25) is 0 Å². The van der Waals surface area contributed by atoms with Crippen LogP contribution in [0.25, 0.3) is 0 Å². The fraction of sp³-hybridized carbons (Fsp3) is 0.500. The number of likely N-dealkylation sites (N-methyl/N-ethyl adjacent to an activating group) is 1. The molecule has 1 atom stereocenters. The molecule has 2 nitrogen and oxygen atoms in total. The number of aryl methyl sites for hydroxylation is 2. The third-order valence-electron chi connectivity index (χ3n) is 4.23. The summed E-state index contributed by atoms with van der Waals surface area (Å²) in [5, 5.41) is 4.77. The molecule has 3 heteroatoms. The zero-order chi connectivity index (χ0) is 14.7. The average molecular weight is 300 g/mol. The second kappa shape index (κ2) is 6.71. The van der Waals surface area contributed by atoms with Crippen LogP contribution in [0.5, 0.6) is 0 Å². The number of hydrogen-bond acceptors (Lipinski definition) is 3. The van der Waals surface area contributed by atoms with Crippen molar-refractivity contribution in [3.63, 3.8) is 0 Å². The number of nitrogens with zero attached hydrogens (tertiary/aromatic N) is 1. The lowest BCUT2D eigenvalue weighted by atomic mass is 9.91. The topological polar surface area (TPSA) is 24.9 Å². The van der Waals surface area contributed by atoms with Crippen molar-refractivity contribution in [3.05, 3.63) is 51.0 Å². The minimum Gasteiger partial charge on any atom is -0.316 e. The highest BCUT2D eigenvalue weighted by Gasteiger charge is 2.24. The second-order valence-corrected chi connectivity index (χ2v) is 7.14. The van der Waals surface area contributed by atoms with Gasteiger partial charge in [0.25, 0.3) is 0 Å². The van der Waals surface area contributed by atoms with Gasteiger partial charge in [0.15, 0.2) is 0 Å².